The normalized spacial score (nSPS) is 11.4. The summed E-state index contributed by atoms with van der Waals surface area (Å²) in [6.07, 6.45) is 0. The zero-order chi connectivity index (χ0) is 16.8. The van der Waals surface area contributed by atoms with Crippen molar-refractivity contribution in [2.24, 2.45) is 0 Å². The minimum atomic E-state index is -0.570. The van der Waals surface area contributed by atoms with Crippen LogP contribution < -0.4 is 11.4 Å². The van der Waals surface area contributed by atoms with E-state index < -0.39 is 11.5 Å². The van der Waals surface area contributed by atoms with Crippen LogP contribution in [-0.2, 0) is 6.54 Å². The van der Waals surface area contributed by atoms with Crippen LogP contribution in [0.3, 0.4) is 0 Å². The van der Waals surface area contributed by atoms with Gasteiger partial charge in [-0.05, 0) is 18.2 Å². The Morgan fingerprint density at radius 1 is 1.17 bits per heavy atom. The predicted octanol–water partition coefficient (Wildman–Crippen LogP) is 2.47. The first-order valence-electron chi connectivity index (χ1n) is 7.13. The lowest BCUT2D eigenvalue weighted by atomic mass is 10.2. The molecule has 0 saturated heterocycles. The zero-order valence-electron chi connectivity index (χ0n) is 12.3. The van der Waals surface area contributed by atoms with E-state index in [1.54, 1.807) is 24.3 Å². The van der Waals surface area contributed by atoms with Crippen molar-refractivity contribution in [3.63, 3.8) is 0 Å². The van der Waals surface area contributed by atoms with E-state index in [0.29, 0.717) is 16.6 Å². The first kappa shape index (κ1) is 14.6. The lowest BCUT2D eigenvalue weighted by Gasteiger charge is -2.03. The average molecular weight is 344 g/mol. The summed E-state index contributed by atoms with van der Waals surface area (Å²) in [6.45, 7) is -0.0549. The van der Waals surface area contributed by atoms with E-state index in [9.17, 15) is 9.18 Å². The van der Waals surface area contributed by atoms with Crippen molar-refractivity contribution in [2.75, 3.05) is 5.73 Å². The van der Waals surface area contributed by atoms with Gasteiger partial charge >= 0.3 is 5.69 Å². The summed E-state index contributed by atoms with van der Waals surface area (Å²) < 4.78 is 16.4. The smallest absolute Gasteiger partial charge is 0.353 e. The molecule has 4 rings (SSSR count). The van der Waals surface area contributed by atoms with Crippen LogP contribution in [-0.4, -0.2) is 19.2 Å². The van der Waals surface area contributed by atoms with Crippen molar-refractivity contribution in [3.05, 3.63) is 69.4 Å². The number of para-hydroxylation sites is 1. The lowest BCUT2D eigenvalue weighted by Crippen LogP contribution is -2.23. The largest absolute Gasteiger partial charge is 0.369 e. The molecule has 0 radical (unpaired) electrons. The molecule has 6 nitrogen and oxygen atoms in total. The van der Waals surface area contributed by atoms with Crippen molar-refractivity contribution in [1.29, 1.82) is 0 Å². The zero-order valence-corrected chi connectivity index (χ0v) is 13.0. The Morgan fingerprint density at radius 3 is 2.79 bits per heavy atom. The Morgan fingerprint density at radius 2 is 1.96 bits per heavy atom. The molecule has 4 aromatic rings. The van der Waals surface area contributed by atoms with E-state index in [-0.39, 0.29) is 23.1 Å². The molecule has 2 aromatic heterocycles. The highest BCUT2D eigenvalue weighted by atomic mass is 35.5. The molecule has 0 aliphatic carbocycles. The number of halogens is 2. The van der Waals surface area contributed by atoms with Crippen molar-refractivity contribution in [3.8, 4) is 0 Å². The number of aromatic nitrogens is 4. The number of nitrogens with two attached hydrogens (primary N) is 1. The molecular formula is C16H11ClFN5O. The summed E-state index contributed by atoms with van der Waals surface area (Å²) in [6, 6.07) is 11.8. The third-order valence-corrected chi connectivity index (χ3v) is 4.09. The Bertz CT molecular complexity index is 1150. The van der Waals surface area contributed by atoms with Gasteiger partial charge in [0.05, 0.1) is 17.1 Å². The number of fused-ring (bicyclic) bond motifs is 3. The molecule has 0 spiro atoms. The molecule has 0 unspecified atom stereocenters. The number of benzene rings is 2. The molecule has 8 heteroatoms. The topological polar surface area (TPSA) is 78.2 Å². The summed E-state index contributed by atoms with van der Waals surface area (Å²) in [7, 11) is 0. The van der Waals surface area contributed by atoms with Crippen LogP contribution >= 0.6 is 11.6 Å². The maximum atomic E-state index is 14.1. The maximum Gasteiger partial charge on any atom is 0.353 e. The molecule has 120 valence electrons. The molecule has 2 N–H and O–H groups in total. The van der Waals surface area contributed by atoms with Gasteiger partial charge < -0.3 is 5.73 Å². The van der Waals surface area contributed by atoms with E-state index >= 15 is 0 Å². The van der Waals surface area contributed by atoms with E-state index in [2.05, 4.69) is 10.1 Å². The standard InChI is InChI=1S/C16H11ClFN5O/c17-11-6-3-4-9(13(11)18)8-22-16(24)23-14(21-22)10-5-1-2-7-12(10)20-15(23)19/h1-7H,8H2,(H2,19,20). The number of hydrogen-bond acceptors (Lipinski definition) is 4. The summed E-state index contributed by atoms with van der Waals surface area (Å²) in [4.78, 5) is 16.8. The minimum absolute atomic E-state index is 0.00376. The van der Waals surface area contributed by atoms with E-state index in [4.69, 9.17) is 17.3 Å². The fraction of sp³-hybridized carbons (Fsp3) is 0.0625. The van der Waals surface area contributed by atoms with Gasteiger partial charge in [0.2, 0.25) is 5.95 Å². The van der Waals surface area contributed by atoms with Crippen LogP contribution in [0.4, 0.5) is 10.3 Å². The number of rotatable bonds is 2. The fourth-order valence-corrected chi connectivity index (χ4v) is 2.85. The van der Waals surface area contributed by atoms with Crippen LogP contribution in [0.5, 0.6) is 0 Å². The molecule has 0 bridgehead atoms. The van der Waals surface area contributed by atoms with Crippen molar-refractivity contribution in [1.82, 2.24) is 19.2 Å². The monoisotopic (exact) mass is 343 g/mol. The summed E-state index contributed by atoms with van der Waals surface area (Å²) in [5.74, 6) is -0.536. The first-order valence-corrected chi connectivity index (χ1v) is 7.51. The average Bonchev–Trinajstić information content (AvgIpc) is 2.90. The van der Waals surface area contributed by atoms with Crippen LogP contribution in [0.25, 0.3) is 16.6 Å². The Balaban J connectivity index is 1.96. The van der Waals surface area contributed by atoms with Gasteiger partial charge in [-0.1, -0.05) is 35.9 Å². The predicted molar refractivity (Wildman–Crippen MR) is 89.7 cm³/mol. The van der Waals surface area contributed by atoms with Gasteiger partial charge in [-0.25, -0.2) is 23.3 Å². The highest BCUT2D eigenvalue weighted by Gasteiger charge is 2.16. The van der Waals surface area contributed by atoms with Crippen molar-refractivity contribution < 1.29 is 4.39 Å². The third kappa shape index (κ3) is 2.13. The third-order valence-electron chi connectivity index (χ3n) is 3.80. The number of hydrogen-bond donors (Lipinski definition) is 1. The van der Waals surface area contributed by atoms with Gasteiger partial charge in [0.25, 0.3) is 0 Å². The van der Waals surface area contributed by atoms with Crippen LogP contribution in [0, 0.1) is 5.82 Å². The second kappa shape index (κ2) is 5.31. The Labute approximate surface area is 139 Å². The Kier molecular flexibility index (Phi) is 3.24. The molecule has 0 aliphatic rings. The van der Waals surface area contributed by atoms with Gasteiger partial charge in [0.15, 0.2) is 5.65 Å². The van der Waals surface area contributed by atoms with Crippen LogP contribution in [0.2, 0.25) is 5.02 Å². The van der Waals surface area contributed by atoms with Gasteiger partial charge in [0.1, 0.15) is 5.82 Å². The van der Waals surface area contributed by atoms with Crippen molar-refractivity contribution >= 4 is 34.1 Å². The molecule has 0 saturated carbocycles. The maximum absolute atomic E-state index is 14.1. The summed E-state index contributed by atoms with van der Waals surface area (Å²) in [5, 5.41) is 4.99. The van der Waals surface area contributed by atoms with Crippen LogP contribution in [0.15, 0.2) is 47.3 Å². The number of nitrogen functional groups attached to an aromatic ring is 1. The van der Waals surface area contributed by atoms with Gasteiger partial charge in [-0.2, -0.15) is 0 Å². The molecule has 0 fully saturated rings. The van der Waals surface area contributed by atoms with Gasteiger partial charge in [-0.15, -0.1) is 5.10 Å². The molecular weight excluding hydrogens is 333 g/mol. The highest BCUT2D eigenvalue weighted by molar-refractivity contribution is 6.30. The first-order chi connectivity index (χ1) is 11.6. The number of anilines is 1. The SMILES string of the molecule is Nc1nc2ccccc2c2nn(Cc3cccc(Cl)c3F)c(=O)n12. The molecule has 2 aromatic carbocycles. The summed E-state index contributed by atoms with van der Waals surface area (Å²) >= 11 is 5.78. The Hall–Kier alpha value is -2.93. The molecule has 0 amide bonds. The second-order valence-electron chi connectivity index (χ2n) is 5.30. The van der Waals surface area contributed by atoms with E-state index in [0.717, 1.165) is 4.68 Å². The molecule has 0 atom stereocenters. The molecule has 0 aliphatic heterocycles. The number of nitrogens with zero attached hydrogens (tertiary/aromatic N) is 4. The lowest BCUT2D eigenvalue weighted by molar-refractivity contribution is 0.578. The van der Waals surface area contributed by atoms with Crippen molar-refractivity contribution in [2.45, 2.75) is 6.54 Å². The highest BCUT2D eigenvalue weighted by Crippen LogP contribution is 2.20. The fourth-order valence-electron chi connectivity index (χ4n) is 2.66. The second-order valence-corrected chi connectivity index (χ2v) is 5.71. The quantitative estimate of drug-likeness (QED) is 0.606. The minimum Gasteiger partial charge on any atom is -0.369 e. The van der Waals surface area contributed by atoms with E-state index in [1.165, 1.54) is 10.5 Å². The molecule has 2 heterocycles. The van der Waals surface area contributed by atoms with E-state index in [1.807, 2.05) is 12.1 Å². The van der Waals surface area contributed by atoms with Crippen LogP contribution in [0.1, 0.15) is 5.56 Å². The van der Waals surface area contributed by atoms with Gasteiger partial charge in [-0.3, -0.25) is 0 Å². The molecule has 24 heavy (non-hydrogen) atoms. The summed E-state index contributed by atoms with van der Waals surface area (Å²) in [5.41, 5.74) is 6.68. The van der Waals surface area contributed by atoms with Gasteiger partial charge in [0, 0.05) is 10.9 Å².